The van der Waals surface area contributed by atoms with Crippen LogP contribution in [0, 0.1) is 0 Å². The smallest absolute Gasteiger partial charge is 0.248 e. The molecule has 0 saturated carbocycles. The minimum Gasteiger partial charge on any atom is -0.494 e. The second-order valence-corrected chi connectivity index (χ2v) is 5.37. The Balaban J connectivity index is 1.92. The molecular weight excluding hydrogens is 330 g/mol. The van der Waals surface area contributed by atoms with Gasteiger partial charge in [0.2, 0.25) is 5.91 Å². The molecule has 2 aromatic carbocycles. The fraction of sp³-hybridized carbons (Fsp3) is 0.286. The molecule has 0 spiro atoms. The van der Waals surface area contributed by atoms with Crippen LogP contribution in [0.1, 0.15) is 19.4 Å². The zero-order chi connectivity index (χ0) is 18.6. The molecular formula is C21H25NO4. The van der Waals surface area contributed by atoms with Crippen molar-refractivity contribution < 1.29 is 19.0 Å². The van der Waals surface area contributed by atoms with Crippen LogP contribution in [-0.2, 0) is 9.53 Å². The van der Waals surface area contributed by atoms with E-state index < -0.39 is 0 Å². The molecule has 0 aliphatic carbocycles. The van der Waals surface area contributed by atoms with E-state index in [0.717, 1.165) is 11.3 Å². The number of amides is 1. The number of hydrogen-bond acceptors (Lipinski definition) is 4. The van der Waals surface area contributed by atoms with E-state index in [-0.39, 0.29) is 5.91 Å². The third-order valence-electron chi connectivity index (χ3n) is 3.45. The molecule has 0 aliphatic rings. The SMILES string of the molecule is CCOCCOc1ccccc1NC(=O)/C=C/c1ccc(OCC)cc1. The Kier molecular flexibility index (Phi) is 8.23. The summed E-state index contributed by atoms with van der Waals surface area (Å²) in [6.07, 6.45) is 3.25. The van der Waals surface area contributed by atoms with Crippen molar-refractivity contribution in [1.82, 2.24) is 0 Å². The summed E-state index contributed by atoms with van der Waals surface area (Å²) in [4.78, 5) is 12.2. The Morgan fingerprint density at radius 3 is 2.46 bits per heavy atom. The van der Waals surface area contributed by atoms with Gasteiger partial charge in [-0.1, -0.05) is 24.3 Å². The van der Waals surface area contributed by atoms with E-state index in [9.17, 15) is 4.79 Å². The molecule has 5 nitrogen and oxygen atoms in total. The van der Waals surface area contributed by atoms with Gasteiger partial charge in [-0.2, -0.15) is 0 Å². The van der Waals surface area contributed by atoms with Crippen LogP contribution in [0.2, 0.25) is 0 Å². The maximum Gasteiger partial charge on any atom is 0.248 e. The lowest BCUT2D eigenvalue weighted by atomic mass is 10.2. The summed E-state index contributed by atoms with van der Waals surface area (Å²) in [6, 6.07) is 14.9. The normalized spacial score (nSPS) is 10.7. The van der Waals surface area contributed by atoms with Crippen LogP contribution < -0.4 is 14.8 Å². The van der Waals surface area contributed by atoms with E-state index in [1.165, 1.54) is 6.08 Å². The third-order valence-corrected chi connectivity index (χ3v) is 3.45. The predicted octanol–water partition coefficient (Wildman–Crippen LogP) is 4.15. The van der Waals surface area contributed by atoms with Crippen LogP contribution in [0.3, 0.4) is 0 Å². The van der Waals surface area contributed by atoms with Crippen molar-refractivity contribution in [2.45, 2.75) is 13.8 Å². The van der Waals surface area contributed by atoms with E-state index in [0.29, 0.717) is 37.9 Å². The number of ether oxygens (including phenoxy) is 3. The first-order valence-corrected chi connectivity index (χ1v) is 8.74. The van der Waals surface area contributed by atoms with Gasteiger partial charge in [0.05, 0.1) is 18.9 Å². The maximum absolute atomic E-state index is 12.2. The summed E-state index contributed by atoms with van der Waals surface area (Å²) in [5.74, 6) is 1.21. The first-order valence-electron chi connectivity index (χ1n) is 8.74. The lowest BCUT2D eigenvalue weighted by Crippen LogP contribution is -2.11. The second kappa shape index (κ2) is 10.9. The van der Waals surface area contributed by atoms with Gasteiger partial charge >= 0.3 is 0 Å². The Morgan fingerprint density at radius 2 is 1.73 bits per heavy atom. The van der Waals surface area contributed by atoms with Gasteiger partial charge in [-0.25, -0.2) is 0 Å². The first kappa shape index (κ1) is 19.5. The van der Waals surface area contributed by atoms with Crippen molar-refractivity contribution in [2.24, 2.45) is 0 Å². The molecule has 0 bridgehead atoms. The highest BCUT2D eigenvalue weighted by Crippen LogP contribution is 2.23. The molecule has 0 atom stereocenters. The Labute approximate surface area is 154 Å². The number of anilines is 1. The second-order valence-electron chi connectivity index (χ2n) is 5.37. The van der Waals surface area contributed by atoms with Gasteiger partial charge in [-0.15, -0.1) is 0 Å². The van der Waals surface area contributed by atoms with Crippen LogP contribution in [0.4, 0.5) is 5.69 Å². The molecule has 1 N–H and O–H groups in total. The summed E-state index contributed by atoms with van der Waals surface area (Å²) in [7, 11) is 0. The topological polar surface area (TPSA) is 56.8 Å². The van der Waals surface area contributed by atoms with Crippen molar-refractivity contribution in [3.05, 3.63) is 60.2 Å². The van der Waals surface area contributed by atoms with Gasteiger partial charge in [0.15, 0.2) is 0 Å². The van der Waals surface area contributed by atoms with Crippen LogP contribution in [0.25, 0.3) is 6.08 Å². The van der Waals surface area contributed by atoms with Crippen LogP contribution in [-0.4, -0.2) is 32.3 Å². The minimum absolute atomic E-state index is 0.222. The molecule has 0 heterocycles. The minimum atomic E-state index is -0.222. The highest BCUT2D eigenvalue weighted by atomic mass is 16.5. The van der Waals surface area contributed by atoms with E-state index in [1.54, 1.807) is 12.1 Å². The summed E-state index contributed by atoms with van der Waals surface area (Å²) < 4.78 is 16.3. The number of carbonyl (C=O) groups excluding carboxylic acids is 1. The van der Waals surface area contributed by atoms with E-state index in [4.69, 9.17) is 14.2 Å². The van der Waals surface area contributed by atoms with Crippen molar-refractivity contribution in [3.8, 4) is 11.5 Å². The molecule has 2 rings (SSSR count). The summed E-state index contributed by atoms with van der Waals surface area (Å²) >= 11 is 0. The number of benzene rings is 2. The van der Waals surface area contributed by atoms with Gasteiger partial charge in [-0.3, -0.25) is 4.79 Å². The van der Waals surface area contributed by atoms with Crippen LogP contribution in [0.5, 0.6) is 11.5 Å². The van der Waals surface area contributed by atoms with Gasteiger partial charge in [0.25, 0.3) is 0 Å². The molecule has 1 amide bonds. The zero-order valence-corrected chi connectivity index (χ0v) is 15.2. The molecule has 5 heteroatoms. The van der Waals surface area contributed by atoms with Crippen LogP contribution >= 0.6 is 0 Å². The summed E-state index contributed by atoms with van der Waals surface area (Å²) in [5.41, 5.74) is 1.55. The standard InChI is InChI=1S/C21H25NO4/c1-3-24-15-16-26-20-8-6-5-7-19(20)22-21(23)14-11-17-9-12-18(13-10-17)25-4-2/h5-14H,3-4,15-16H2,1-2H3,(H,22,23)/b14-11+. The van der Waals surface area contributed by atoms with Crippen molar-refractivity contribution >= 4 is 17.7 Å². The average molecular weight is 355 g/mol. The van der Waals surface area contributed by atoms with Crippen molar-refractivity contribution in [3.63, 3.8) is 0 Å². The van der Waals surface area contributed by atoms with Gasteiger partial charge < -0.3 is 19.5 Å². The number of rotatable bonds is 10. The zero-order valence-electron chi connectivity index (χ0n) is 15.2. The number of para-hydroxylation sites is 2. The highest BCUT2D eigenvalue weighted by Gasteiger charge is 2.05. The first-order chi connectivity index (χ1) is 12.7. The number of carbonyl (C=O) groups is 1. The van der Waals surface area contributed by atoms with E-state index in [2.05, 4.69) is 5.32 Å². The molecule has 0 aromatic heterocycles. The number of nitrogens with one attached hydrogen (secondary N) is 1. The Bertz CT molecular complexity index is 710. The van der Waals surface area contributed by atoms with Crippen molar-refractivity contribution in [2.75, 3.05) is 31.7 Å². The largest absolute Gasteiger partial charge is 0.494 e. The molecule has 138 valence electrons. The average Bonchev–Trinajstić information content (AvgIpc) is 2.66. The van der Waals surface area contributed by atoms with Crippen LogP contribution in [0.15, 0.2) is 54.6 Å². The van der Waals surface area contributed by atoms with Gasteiger partial charge in [0.1, 0.15) is 18.1 Å². The fourth-order valence-corrected chi connectivity index (χ4v) is 2.24. The third kappa shape index (κ3) is 6.61. The summed E-state index contributed by atoms with van der Waals surface area (Å²) in [6.45, 7) is 6.10. The van der Waals surface area contributed by atoms with Crippen molar-refractivity contribution in [1.29, 1.82) is 0 Å². The van der Waals surface area contributed by atoms with E-state index >= 15 is 0 Å². The molecule has 2 aromatic rings. The molecule has 0 unspecified atom stereocenters. The fourth-order valence-electron chi connectivity index (χ4n) is 2.24. The number of hydrogen-bond donors (Lipinski definition) is 1. The summed E-state index contributed by atoms with van der Waals surface area (Å²) in [5, 5.41) is 2.84. The lowest BCUT2D eigenvalue weighted by molar-refractivity contribution is -0.111. The Hall–Kier alpha value is -2.79. The van der Waals surface area contributed by atoms with E-state index in [1.807, 2.05) is 56.3 Å². The monoisotopic (exact) mass is 355 g/mol. The molecule has 0 fully saturated rings. The molecule has 0 radical (unpaired) electrons. The lowest BCUT2D eigenvalue weighted by Gasteiger charge is -2.11. The molecule has 0 saturated heterocycles. The predicted molar refractivity (Wildman–Crippen MR) is 104 cm³/mol. The Morgan fingerprint density at radius 1 is 0.962 bits per heavy atom. The van der Waals surface area contributed by atoms with Gasteiger partial charge in [0, 0.05) is 12.7 Å². The maximum atomic E-state index is 12.2. The highest BCUT2D eigenvalue weighted by molar-refractivity contribution is 6.02. The molecule has 0 aliphatic heterocycles. The van der Waals surface area contributed by atoms with Gasteiger partial charge in [-0.05, 0) is 49.8 Å². The molecule has 26 heavy (non-hydrogen) atoms. The quantitative estimate of drug-likeness (QED) is 0.514.